The van der Waals surface area contributed by atoms with E-state index in [4.69, 9.17) is 0 Å². The number of aromatic nitrogens is 1. The molecular formula is C14H22N4O2S. The van der Waals surface area contributed by atoms with Gasteiger partial charge in [-0.1, -0.05) is 6.42 Å². The second-order valence-electron chi connectivity index (χ2n) is 5.17. The fourth-order valence-corrected chi connectivity index (χ4v) is 3.22. The van der Waals surface area contributed by atoms with Gasteiger partial charge in [-0.25, -0.2) is 0 Å². The molecule has 0 atom stereocenters. The number of nitrogens with zero attached hydrogens (tertiary/aromatic N) is 2. The number of nitrogens with one attached hydrogen (secondary N) is 2. The van der Waals surface area contributed by atoms with Gasteiger partial charge in [-0.05, 0) is 31.3 Å². The van der Waals surface area contributed by atoms with Crippen molar-refractivity contribution in [2.45, 2.75) is 32.6 Å². The maximum Gasteiger partial charge on any atom is 0.256 e. The third-order valence-corrected chi connectivity index (χ3v) is 4.61. The van der Waals surface area contributed by atoms with Gasteiger partial charge >= 0.3 is 0 Å². The Morgan fingerprint density at radius 1 is 1.38 bits per heavy atom. The van der Waals surface area contributed by atoms with Crippen LogP contribution in [0.3, 0.4) is 0 Å². The highest BCUT2D eigenvalue weighted by Crippen LogP contribution is 2.23. The Balaban J connectivity index is 1.86. The minimum Gasteiger partial charge on any atom is -0.378 e. The van der Waals surface area contributed by atoms with Gasteiger partial charge in [0.05, 0.1) is 11.3 Å². The Hall–Kier alpha value is -1.63. The van der Waals surface area contributed by atoms with Crippen molar-refractivity contribution in [2.75, 3.05) is 32.0 Å². The summed E-state index contributed by atoms with van der Waals surface area (Å²) in [6.45, 7) is 3.68. The molecular weight excluding hydrogens is 288 g/mol. The van der Waals surface area contributed by atoms with E-state index in [9.17, 15) is 9.59 Å². The van der Waals surface area contributed by atoms with Crippen LogP contribution < -0.4 is 10.6 Å². The fourth-order valence-electron chi connectivity index (χ4n) is 2.48. The number of carbonyl (C=O) groups excluding carboxylic acids is 2. The lowest BCUT2D eigenvalue weighted by Gasteiger charge is -2.20. The zero-order chi connectivity index (χ0) is 15.2. The molecule has 0 aliphatic carbocycles. The van der Waals surface area contributed by atoms with E-state index in [1.807, 2.05) is 11.8 Å². The third-order valence-electron chi connectivity index (χ3n) is 3.66. The van der Waals surface area contributed by atoms with E-state index >= 15 is 0 Å². The lowest BCUT2D eigenvalue weighted by Crippen LogP contribution is -2.38. The Bertz CT molecular complexity index is 515. The van der Waals surface area contributed by atoms with Crippen molar-refractivity contribution in [3.63, 3.8) is 0 Å². The van der Waals surface area contributed by atoms with Crippen LogP contribution in [0.1, 0.15) is 41.7 Å². The van der Waals surface area contributed by atoms with Crippen LogP contribution in [-0.4, -0.2) is 47.8 Å². The zero-order valence-corrected chi connectivity index (χ0v) is 13.4. The average Bonchev–Trinajstić information content (AvgIpc) is 2.73. The number of amides is 2. The molecule has 2 amide bonds. The zero-order valence-electron chi connectivity index (χ0n) is 12.6. The van der Waals surface area contributed by atoms with Gasteiger partial charge in [-0.15, -0.1) is 0 Å². The van der Waals surface area contributed by atoms with Crippen LogP contribution in [0.4, 0.5) is 5.00 Å². The van der Waals surface area contributed by atoms with Crippen LogP contribution >= 0.6 is 11.5 Å². The molecule has 116 valence electrons. The summed E-state index contributed by atoms with van der Waals surface area (Å²) in [4.78, 5) is 25.9. The summed E-state index contributed by atoms with van der Waals surface area (Å²) in [7, 11) is 1.78. The Kier molecular flexibility index (Phi) is 5.55. The topological polar surface area (TPSA) is 74.3 Å². The summed E-state index contributed by atoms with van der Waals surface area (Å²) in [5.41, 5.74) is 1.33. The summed E-state index contributed by atoms with van der Waals surface area (Å²) in [5.74, 6) is 0.0684. The van der Waals surface area contributed by atoms with Crippen molar-refractivity contribution >= 4 is 28.3 Å². The molecule has 2 heterocycles. The molecule has 1 aliphatic heterocycles. The number of rotatable bonds is 5. The van der Waals surface area contributed by atoms with E-state index in [2.05, 4.69) is 15.0 Å². The van der Waals surface area contributed by atoms with Crippen molar-refractivity contribution < 1.29 is 9.59 Å². The SMILES string of the molecule is CNc1snc(C)c1C(=O)NCCN1CCCCCC1=O. The molecule has 1 aliphatic rings. The highest BCUT2D eigenvalue weighted by molar-refractivity contribution is 7.10. The van der Waals surface area contributed by atoms with E-state index in [1.165, 1.54) is 11.5 Å². The highest BCUT2D eigenvalue weighted by Gasteiger charge is 2.19. The van der Waals surface area contributed by atoms with Gasteiger partial charge < -0.3 is 15.5 Å². The van der Waals surface area contributed by atoms with Gasteiger partial charge in [0, 0.05) is 33.1 Å². The molecule has 1 aromatic rings. The van der Waals surface area contributed by atoms with Crippen LogP contribution in [0.25, 0.3) is 0 Å². The van der Waals surface area contributed by atoms with Gasteiger partial charge in [0.25, 0.3) is 5.91 Å². The van der Waals surface area contributed by atoms with Crippen LogP contribution in [0.5, 0.6) is 0 Å². The predicted molar refractivity (Wildman–Crippen MR) is 83.8 cm³/mol. The molecule has 1 saturated heterocycles. The number of likely N-dealkylation sites (tertiary alicyclic amines) is 1. The first-order valence-corrected chi connectivity index (χ1v) is 8.11. The molecule has 0 spiro atoms. The molecule has 0 bridgehead atoms. The molecule has 0 unspecified atom stereocenters. The van der Waals surface area contributed by atoms with Crippen LogP contribution in [-0.2, 0) is 4.79 Å². The molecule has 7 heteroatoms. The summed E-state index contributed by atoms with van der Waals surface area (Å²) < 4.78 is 4.18. The van der Waals surface area contributed by atoms with E-state index in [1.54, 1.807) is 7.05 Å². The monoisotopic (exact) mass is 310 g/mol. The number of hydrogen-bond donors (Lipinski definition) is 2. The minimum atomic E-state index is -0.132. The normalized spacial score (nSPS) is 15.7. The van der Waals surface area contributed by atoms with Gasteiger partial charge in [-0.3, -0.25) is 9.59 Å². The maximum absolute atomic E-state index is 12.2. The number of anilines is 1. The number of hydrogen-bond acceptors (Lipinski definition) is 5. The molecule has 21 heavy (non-hydrogen) atoms. The quantitative estimate of drug-likeness (QED) is 0.867. The van der Waals surface area contributed by atoms with Gasteiger partial charge in [-0.2, -0.15) is 4.37 Å². The lowest BCUT2D eigenvalue weighted by molar-refractivity contribution is -0.130. The molecule has 6 nitrogen and oxygen atoms in total. The Morgan fingerprint density at radius 3 is 2.95 bits per heavy atom. The predicted octanol–water partition coefficient (Wildman–Crippen LogP) is 1.63. The molecule has 2 rings (SSSR count). The van der Waals surface area contributed by atoms with Crippen molar-refractivity contribution in [2.24, 2.45) is 0 Å². The van der Waals surface area contributed by atoms with Crippen LogP contribution in [0.15, 0.2) is 0 Å². The van der Waals surface area contributed by atoms with Crippen LogP contribution in [0, 0.1) is 6.92 Å². The first kappa shape index (κ1) is 15.8. The van der Waals surface area contributed by atoms with E-state index in [0.717, 1.165) is 36.5 Å². The first-order chi connectivity index (χ1) is 10.1. The molecule has 1 fully saturated rings. The molecule has 0 radical (unpaired) electrons. The van der Waals surface area contributed by atoms with E-state index in [0.29, 0.717) is 25.1 Å². The molecule has 2 N–H and O–H groups in total. The van der Waals surface area contributed by atoms with Gasteiger partial charge in [0.1, 0.15) is 5.00 Å². The van der Waals surface area contributed by atoms with Crippen LogP contribution in [0.2, 0.25) is 0 Å². The number of carbonyl (C=O) groups is 2. The summed E-state index contributed by atoms with van der Waals surface area (Å²) in [6, 6.07) is 0. The van der Waals surface area contributed by atoms with E-state index in [-0.39, 0.29) is 11.8 Å². The Labute approximate surface area is 129 Å². The largest absolute Gasteiger partial charge is 0.378 e. The molecule has 0 aromatic carbocycles. The second-order valence-corrected chi connectivity index (χ2v) is 5.94. The highest BCUT2D eigenvalue weighted by atomic mass is 32.1. The summed E-state index contributed by atoms with van der Waals surface area (Å²) >= 11 is 1.28. The van der Waals surface area contributed by atoms with Gasteiger partial charge in [0.15, 0.2) is 0 Å². The smallest absolute Gasteiger partial charge is 0.256 e. The van der Waals surface area contributed by atoms with Gasteiger partial charge in [0.2, 0.25) is 5.91 Å². The minimum absolute atomic E-state index is 0.132. The number of aryl methyl sites for hydroxylation is 1. The summed E-state index contributed by atoms with van der Waals surface area (Å²) in [6.07, 6.45) is 3.77. The Morgan fingerprint density at radius 2 is 2.19 bits per heavy atom. The van der Waals surface area contributed by atoms with Crippen molar-refractivity contribution in [1.82, 2.24) is 14.6 Å². The summed E-state index contributed by atoms with van der Waals surface area (Å²) in [5, 5.41) is 6.64. The molecule has 0 saturated carbocycles. The fraction of sp³-hybridized carbons (Fsp3) is 0.643. The van der Waals surface area contributed by atoms with E-state index < -0.39 is 0 Å². The lowest BCUT2D eigenvalue weighted by atomic mass is 10.2. The first-order valence-electron chi connectivity index (χ1n) is 7.33. The van der Waals surface area contributed by atoms with Crippen molar-refractivity contribution in [3.05, 3.63) is 11.3 Å². The van der Waals surface area contributed by atoms with Crippen molar-refractivity contribution in [1.29, 1.82) is 0 Å². The molecule has 1 aromatic heterocycles. The van der Waals surface area contributed by atoms with Crippen molar-refractivity contribution in [3.8, 4) is 0 Å². The third kappa shape index (κ3) is 3.93. The maximum atomic E-state index is 12.2. The average molecular weight is 310 g/mol. The second kappa shape index (κ2) is 7.40. The standard InChI is InChI=1S/C14H22N4O2S/c1-10-12(14(15-2)21-17-10)13(20)16-7-9-18-8-5-3-4-6-11(18)19/h15H,3-9H2,1-2H3,(H,16,20).